The Balaban J connectivity index is 1.98. The number of anilines is 1. The monoisotopic (exact) mass is 301 g/mol. The van der Waals surface area contributed by atoms with Crippen LogP contribution >= 0.6 is 11.6 Å². The standard InChI is InChI=1S/C14H8ClN3O3/c15-11-6-16-7-12(17-11)18-13(19)9-5-8-3-1-2-4-10(8)21-14(9)20/h1-7H,(H,17,18,19). The van der Waals surface area contributed by atoms with Crippen LogP contribution in [0.25, 0.3) is 11.0 Å². The van der Waals surface area contributed by atoms with Crippen molar-refractivity contribution in [3.8, 4) is 0 Å². The van der Waals surface area contributed by atoms with Crippen molar-refractivity contribution >= 4 is 34.3 Å². The fourth-order valence-electron chi connectivity index (χ4n) is 1.81. The predicted octanol–water partition coefficient (Wildman–Crippen LogP) is 2.49. The van der Waals surface area contributed by atoms with Crippen LogP contribution in [0.5, 0.6) is 0 Å². The van der Waals surface area contributed by atoms with E-state index in [0.29, 0.717) is 11.0 Å². The molecule has 0 aliphatic carbocycles. The fourth-order valence-corrected chi connectivity index (χ4v) is 1.95. The number of amides is 1. The molecule has 0 saturated heterocycles. The summed E-state index contributed by atoms with van der Waals surface area (Å²) >= 11 is 5.68. The molecule has 104 valence electrons. The van der Waals surface area contributed by atoms with Gasteiger partial charge in [0.05, 0.1) is 12.4 Å². The van der Waals surface area contributed by atoms with E-state index >= 15 is 0 Å². The number of carbonyl (C=O) groups is 1. The first-order valence-corrected chi connectivity index (χ1v) is 6.33. The molecule has 21 heavy (non-hydrogen) atoms. The lowest BCUT2D eigenvalue weighted by molar-refractivity contribution is 0.102. The van der Waals surface area contributed by atoms with E-state index in [-0.39, 0.29) is 16.5 Å². The summed E-state index contributed by atoms with van der Waals surface area (Å²) in [6, 6.07) is 8.39. The second-order valence-corrected chi connectivity index (χ2v) is 4.55. The fraction of sp³-hybridized carbons (Fsp3) is 0. The highest BCUT2D eigenvalue weighted by Crippen LogP contribution is 2.14. The summed E-state index contributed by atoms with van der Waals surface area (Å²) in [4.78, 5) is 31.6. The van der Waals surface area contributed by atoms with Gasteiger partial charge in [0, 0.05) is 5.39 Å². The minimum absolute atomic E-state index is 0.115. The molecular weight excluding hydrogens is 294 g/mol. The number of rotatable bonds is 2. The SMILES string of the molecule is O=C(Nc1cncc(Cl)n1)c1cc2ccccc2oc1=O. The number of nitrogens with one attached hydrogen (secondary N) is 1. The highest BCUT2D eigenvalue weighted by molar-refractivity contribution is 6.29. The van der Waals surface area contributed by atoms with Gasteiger partial charge < -0.3 is 9.73 Å². The maximum Gasteiger partial charge on any atom is 0.349 e. The van der Waals surface area contributed by atoms with E-state index < -0.39 is 11.5 Å². The molecule has 0 aliphatic rings. The van der Waals surface area contributed by atoms with E-state index in [1.54, 1.807) is 24.3 Å². The molecule has 1 aromatic carbocycles. The van der Waals surface area contributed by atoms with Gasteiger partial charge in [0.25, 0.3) is 5.91 Å². The summed E-state index contributed by atoms with van der Waals surface area (Å²) in [5.41, 5.74) is -0.418. The summed E-state index contributed by atoms with van der Waals surface area (Å²) in [6.07, 6.45) is 2.66. The number of hydrogen-bond donors (Lipinski definition) is 1. The molecule has 1 N–H and O–H groups in total. The molecule has 7 heteroatoms. The van der Waals surface area contributed by atoms with E-state index in [0.717, 1.165) is 0 Å². The van der Waals surface area contributed by atoms with Crippen LogP contribution in [0.3, 0.4) is 0 Å². The third-order valence-corrected chi connectivity index (χ3v) is 2.91. The van der Waals surface area contributed by atoms with Gasteiger partial charge in [-0.15, -0.1) is 0 Å². The van der Waals surface area contributed by atoms with Crippen molar-refractivity contribution in [2.24, 2.45) is 0 Å². The lowest BCUT2D eigenvalue weighted by atomic mass is 10.2. The van der Waals surface area contributed by atoms with Crippen LogP contribution in [0.1, 0.15) is 10.4 Å². The summed E-state index contributed by atoms with van der Waals surface area (Å²) < 4.78 is 5.10. The summed E-state index contributed by atoms with van der Waals surface area (Å²) in [5, 5.41) is 3.24. The number of benzene rings is 1. The Labute approximate surface area is 123 Å². The second kappa shape index (κ2) is 5.34. The molecule has 0 radical (unpaired) electrons. The van der Waals surface area contributed by atoms with Crippen molar-refractivity contribution in [1.29, 1.82) is 0 Å². The largest absolute Gasteiger partial charge is 0.422 e. The Bertz CT molecular complexity index is 892. The molecule has 3 rings (SSSR count). The first-order valence-electron chi connectivity index (χ1n) is 5.95. The van der Waals surface area contributed by atoms with Crippen LogP contribution in [-0.2, 0) is 0 Å². The molecule has 0 aliphatic heterocycles. The average Bonchev–Trinajstić information content (AvgIpc) is 2.46. The lowest BCUT2D eigenvalue weighted by Gasteiger charge is -2.04. The first-order chi connectivity index (χ1) is 10.1. The molecule has 0 unspecified atom stereocenters. The van der Waals surface area contributed by atoms with E-state index in [1.807, 2.05) is 0 Å². The Morgan fingerprint density at radius 1 is 1.24 bits per heavy atom. The number of carbonyl (C=O) groups excluding carboxylic acids is 1. The Morgan fingerprint density at radius 2 is 2.05 bits per heavy atom. The second-order valence-electron chi connectivity index (χ2n) is 4.17. The molecule has 6 nitrogen and oxygen atoms in total. The van der Waals surface area contributed by atoms with E-state index in [1.165, 1.54) is 18.5 Å². The normalized spacial score (nSPS) is 10.5. The molecular formula is C14H8ClN3O3. The van der Waals surface area contributed by atoms with Crippen molar-refractivity contribution in [1.82, 2.24) is 9.97 Å². The van der Waals surface area contributed by atoms with Gasteiger partial charge in [0.15, 0.2) is 5.82 Å². The van der Waals surface area contributed by atoms with Gasteiger partial charge >= 0.3 is 5.63 Å². The lowest BCUT2D eigenvalue weighted by Crippen LogP contribution is -2.21. The van der Waals surface area contributed by atoms with Gasteiger partial charge in [0.1, 0.15) is 16.3 Å². The van der Waals surface area contributed by atoms with Gasteiger partial charge in [-0.25, -0.2) is 9.78 Å². The zero-order valence-electron chi connectivity index (χ0n) is 10.5. The highest BCUT2D eigenvalue weighted by Gasteiger charge is 2.14. The van der Waals surface area contributed by atoms with E-state index in [2.05, 4.69) is 15.3 Å². The number of fused-ring (bicyclic) bond motifs is 1. The number of hydrogen-bond acceptors (Lipinski definition) is 5. The van der Waals surface area contributed by atoms with Crippen molar-refractivity contribution in [2.45, 2.75) is 0 Å². The van der Waals surface area contributed by atoms with Gasteiger partial charge in [-0.05, 0) is 12.1 Å². The Kier molecular flexibility index (Phi) is 3.37. The van der Waals surface area contributed by atoms with Crippen molar-refractivity contribution in [2.75, 3.05) is 5.32 Å². The van der Waals surface area contributed by atoms with Crippen LogP contribution in [0.15, 0.2) is 51.9 Å². The van der Waals surface area contributed by atoms with Crippen molar-refractivity contribution in [3.05, 3.63) is 63.9 Å². The van der Waals surface area contributed by atoms with Gasteiger partial charge in [-0.3, -0.25) is 9.78 Å². The summed E-state index contributed by atoms with van der Waals surface area (Å²) in [6.45, 7) is 0. The van der Waals surface area contributed by atoms with Crippen LogP contribution in [-0.4, -0.2) is 15.9 Å². The van der Waals surface area contributed by atoms with Crippen LogP contribution in [0.2, 0.25) is 5.15 Å². The number of aromatic nitrogens is 2. The third-order valence-electron chi connectivity index (χ3n) is 2.73. The molecule has 2 aromatic heterocycles. The smallest absolute Gasteiger partial charge is 0.349 e. The minimum atomic E-state index is -0.721. The minimum Gasteiger partial charge on any atom is -0.422 e. The number of nitrogens with zero attached hydrogens (tertiary/aromatic N) is 2. The first kappa shape index (κ1) is 13.3. The summed E-state index contributed by atoms with van der Waals surface area (Å²) in [5.74, 6) is -0.480. The number of para-hydroxylation sites is 1. The molecule has 1 amide bonds. The molecule has 2 heterocycles. The van der Waals surface area contributed by atoms with Gasteiger partial charge in [-0.1, -0.05) is 29.8 Å². The van der Waals surface area contributed by atoms with Crippen LogP contribution < -0.4 is 10.9 Å². The van der Waals surface area contributed by atoms with Gasteiger partial charge in [0.2, 0.25) is 0 Å². The quantitative estimate of drug-likeness (QED) is 0.735. The molecule has 0 atom stereocenters. The average molecular weight is 302 g/mol. The predicted molar refractivity (Wildman–Crippen MR) is 77.5 cm³/mol. The van der Waals surface area contributed by atoms with Gasteiger partial charge in [-0.2, -0.15) is 0 Å². The van der Waals surface area contributed by atoms with Crippen molar-refractivity contribution < 1.29 is 9.21 Å². The summed E-state index contributed by atoms with van der Waals surface area (Å²) in [7, 11) is 0. The topological polar surface area (TPSA) is 85.1 Å². The number of halogens is 1. The van der Waals surface area contributed by atoms with E-state index in [4.69, 9.17) is 16.0 Å². The molecule has 0 bridgehead atoms. The highest BCUT2D eigenvalue weighted by atomic mass is 35.5. The molecule has 0 fully saturated rings. The van der Waals surface area contributed by atoms with Crippen LogP contribution in [0.4, 0.5) is 5.82 Å². The third kappa shape index (κ3) is 2.75. The Hall–Kier alpha value is -2.73. The zero-order valence-corrected chi connectivity index (χ0v) is 11.3. The molecule has 3 aromatic rings. The Morgan fingerprint density at radius 3 is 2.86 bits per heavy atom. The molecule has 0 saturated carbocycles. The van der Waals surface area contributed by atoms with E-state index in [9.17, 15) is 9.59 Å². The maximum atomic E-state index is 12.1. The maximum absolute atomic E-state index is 12.1. The van der Waals surface area contributed by atoms with Crippen molar-refractivity contribution in [3.63, 3.8) is 0 Å². The molecule has 0 spiro atoms. The van der Waals surface area contributed by atoms with Crippen LogP contribution in [0, 0.1) is 0 Å². The zero-order chi connectivity index (χ0) is 14.8.